The quantitative estimate of drug-likeness (QED) is 0.859. The second-order valence-corrected chi connectivity index (χ2v) is 4.24. The molecule has 2 rings (SSSR count). The molecule has 3 nitrogen and oxygen atoms in total. The number of benzene rings is 2. The maximum atomic E-state index is 10.9. The van der Waals surface area contributed by atoms with Crippen molar-refractivity contribution in [2.24, 2.45) is 0 Å². The van der Waals surface area contributed by atoms with Crippen molar-refractivity contribution in [3.05, 3.63) is 42.0 Å². The van der Waals surface area contributed by atoms with Crippen molar-refractivity contribution in [1.82, 2.24) is 5.32 Å². The van der Waals surface area contributed by atoms with Crippen LogP contribution in [0.25, 0.3) is 10.8 Å². The monoisotopic (exact) mass is 267 g/mol. The van der Waals surface area contributed by atoms with Gasteiger partial charge in [0.15, 0.2) is 0 Å². The fourth-order valence-corrected chi connectivity index (χ4v) is 2.03. The number of hydrogen-bond donors (Lipinski definition) is 1. The van der Waals surface area contributed by atoms with Crippen LogP contribution in [0.4, 0.5) is 0 Å². The van der Waals surface area contributed by atoms with E-state index in [-0.39, 0.29) is 35.5 Å². The molecular weight excluding hydrogens is 249 g/mol. The van der Waals surface area contributed by atoms with Gasteiger partial charge in [-0.25, -0.2) is 0 Å². The van der Waals surface area contributed by atoms with Gasteiger partial charge in [0, 0.05) is 13.5 Å². The number of rotatable bonds is 4. The second kappa shape index (κ2) is 7.53. The molecule has 0 aromatic heterocycles. The topological polar surface area (TPSA) is 38.3 Å². The maximum absolute atomic E-state index is 10.9. The van der Waals surface area contributed by atoms with Gasteiger partial charge in [-0.3, -0.25) is 4.79 Å². The van der Waals surface area contributed by atoms with Crippen LogP contribution in [0.2, 0.25) is 0 Å². The molecule has 2 aromatic rings. The molecule has 0 fully saturated rings. The molecule has 2 aromatic carbocycles. The van der Waals surface area contributed by atoms with Crippen LogP contribution >= 0.6 is 0 Å². The van der Waals surface area contributed by atoms with Crippen LogP contribution < -0.4 is 10.1 Å². The van der Waals surface area contributed by atoms with Gasteiger partial charge in [0.2, 0.25) is 5.91 Å². The van der Waals surface area contributed by atoms with E-state index in [1.807, 2.05) is 18.2 Å². The molecule has 0 saturated heterocycles. The van der Waals surface area contributed by atoms with Crippen molar-refractivity contribution in [3.8, 4) is 5.75 Å². The zero-order valence-electron chi connectivity index (χ0n) is 10.7. The molecule has 0 aliphatic heterocycles. The summed E-state index contributed by atoms with van der Waals surface area (Å²) in [5.74, 6) is 0.863. The molecule has 1 amide bonds. The van der Waals surface area contributed by atoms with E-state index in [9.17, 15) is 4.79 Å². The Kier molecular flexibility index (Phi) is 6.35. The number of carbonyl (C=O) groups is 1. The molecule has 4 heteroatoms. The average Bonchev–Trinajstić information content (AvgIpc) is 2.38. The van der Waals surface area contributed by atoms with Crippen molar-refractivity contribution < 1.29 is 9.53 Å². The van der Waals surface area contributed by atoms with Crippen molar-refractivity contribution >= 4 is 46.2 Å². The second-order valence-electron chi connectivity index (χ2n) is 4.24. The van der Waals surface area contributed by atoms with Crippen molar-refractivity contribution in [2.45, 2.75) is 13.3 Å². The Labute approximate surface area is 135 Å². The van der Waals surface area contributed by atoms with Crippen LogP contribution in [0.15, 0.2) is 36.4 Å². The Morgan fingerprint density at radius 2 is 2.05 bits per heavy atom. The molecule has 96 valence electrons. The van der Waals surface area contributed by atoms with Gasteiger partial charge in [-0.15, -0.1) is 0 Å². The first-order chi connectivity index (χ1) is 8.70. The fraction of sp³-hybridized carbons (Fsp3) is 0.267. The van der Waals surface area contributed by atoms with Crippen molar-refractivity contribution in [1.29, 1.82) is 0 Å². The van der Waals surface area contributed by atoms with Gasteiger partial charge >= 0.3 is 29.6 Å². The van der Waals surface area contributed by atoms with E-state index in [4.69, 9.17) is 4.74 Å². The van der Waals surface area contributed by atoms with Crippen LogP contribution in [0.3, 0.4) is 0 Å². The zero-order valence-corrected chi connectivity index (χ0v) is 10.7. The van der Waals surface area contributed by atoms with E-state index in [0.29, 0.717) is 6.54 Å². The Bertz CT molecular complexity index is 569. The zero-order chi connectivity index (χ0) is 13.0. The standard InChI is InChI=1S/C15H17NO2.Na.H/c1-11(17)16-9-8-13-5-3-4-12-6-7-14(18-2)10-15(12)13;;/h3-7,10H,8-9H2,1-2H3,(H,16,17);;. The summed E-state index contributed by atoms with van der Waals surface area (Å²) >= 11 is 0. The van der Waals surface area contributed by atoms with Crippen LogP contribution in [0.1, 0.15) is 12.5 Å². The first kappa shape index (κ1) is 16.0. The molecule has 0 atom stereocenters. The summed E-state index contributed by atoms with van der Waals surface area (Å²) in [4.78, 5) is 10.9. The number of carbonyl (C=O) groups excluding carboxylic acids is 1. The predicted octanol–water partition coefficient (Wildman–Crippen LogP) is 1.88. The molecule has 0 aliphatic rings. The third-order valence-corrected chi connectivity index (χ3v) is 2.95. The van der Waals surface area contributed by atoms with Gasteiger partial charge < -0.3 is 10.1 Å². The summed E-state index contributed by atoms with van der Waals surface area (Å²) in [5, 5.41) is 5.19. The molecule has 0 heterocycles. The van der Waals surface area contributed by atoms with Crippen LogP contribution in [-0.4, -0.2) is 49.1 Å². The number of amides is 1. The number of fused-ring (bicyclic) bond motifs is 1. The number of hydrogen-bond acceptors (Lipinski definition) is 2. The van der Waals surface area contributed by atoms with Gasteiger partial charge in [-0.05, 0) is 34.9 Å². The Balaban J connectivity index is 0.00000180. The average molecular weight is 267 g/mol. The minimum atomic E-state index is 0. The summed E-state index contributed by atoms with van der Waals surface area (Å²) in [5.41, 5.74) is 1.22. The summed E-state index contributed by atoms with van der Waals surface area (Å²) in [6.45, 7) is 2.19. The van der Waals surface area contributed by atoms with Crippen molar-refractivity contribution in [3.63, 3.8) is 0 Å². The summed E-state index contributed by atoms with van der Waals surface area (Å²) in [6.07, 6.45) is 0.823. The Hall–Kier alpha value is -1.03. The van der Waals surface area contributed by atoms with Gasteiger partial charge in [0.05, 0.1) is 7.11 Å². The van der Waals surface area contributed by atoms with Crippen LogP contribution in [0, 0.1) is 0 Å². The summed E-state index contributed by atoms with van der Waals surface area (Å²) in [6, 6.07) is 12.3. The van der Waals surface area contributed by atoms with E-state index in [0.717, 1.165) is 12.2 Å². The van der Waals surface area contributed by atoms with E-state index in [1.165, 1.54) is 23.3 Å². The van der Waals surface area contributed by atoms with Gasteiger partial charge in [0.25, 0.3) is 0 Å². The minimum absolute atomic E-state index is 0. The Morgan fingerprint density at radius 3 is 2.74 bits per heavy atom. The molecule has 0 aliphatic carbocycles. The summed E-state index contributed by atoms with van der Waals surface area (Å²) in [7, 11) is 1.67. The normalized spacial score (nSPS) is 9.79. The van der Waals surface area contributed by atoms with E-state index in [2.05, 4.69) is 23.5 Å². The molecule has 1 N–H and O–H groups in total. The van der Waals surface area contributed by atoms with Gasteiger partial charge in [-0.2, -0.15) is 0 Å². The van der Waals surface area contributed by atoms with Crippen molar-refractivity contribution in [2.75, 3.05) is 13.7 Å². The molecule has 19 heavy (non-hydrogen) atoms. The van der Waals surface area contributed by atoms with Crippen LogP contribution in [0.5, 0.6) is 5.75 Å². The SMILES string of the molecule is COc1ccc2cccc(CCNC(C)=O)c2c1.[NaH]. The van der Waals surface area contributed by atoms with Gasteiger partial charge in [0.1, 0.15) is 5.75 Å². The van der Waals surface area contributed by atoms with Crippen LogP contribution in [-0.2, 0) is 11.2 Å². The van der Waals surface area contributed by atoms with Gasteiger partial charge in [-0.1, -0.05) is 24.3 Å². The first-order valence-corrected chi connectivity index (χ1v) is 6.01. The molecule has 0 bridgehead atoms. The molecule has 0 radical (unpaired) electrons. The van der Waals surface area contributed by atoms with E-state index >= 15 is 0 Å². The third kappa shape index (κ3) is 4.23. The summed E-state index contributed by atoms with van der Waals surface area (Å²) < 4.78 is 5.25. The molecule has 0 spiro atoms. The molecular formula is C15H18NNaO2. The van der Waals surface area contributed by atoms with E-state index in [1.54, 1.807) is 7.11 Å². The number of methoxy groups -OCH3 is 1. The number of nitrogens with one attached hydrogen (secondary N) is 1. The fourth-order valence-electron chi connectivity index (χ4n) is 2.03. The predicted molar refractivity (Wildman–Crippen MR) is 80.0 cm³/mol. The first-order valence-electron chi connectivity index (χ1n) is 6.01. The molecule has 0 saturated carbocycles. The molecule has 0 unspecified atom stereocenters. The Morgan fingerprint density at radius 1 is 1.26 bits per heavy atom. The van der Waals surface area contributed by atoms with E-state index < -0.39 is 0 Å². The third-order valence-electron chi connectivity index (χ3n) is 2.95. The number of ether oxygens (including phenoxy) is 1.